The van der Waals surface area contributed by atoms with Crippen LogP contribution in [-0.4, -0.2) is 35.3 Å². The van der Waals surface area contributed by atoms with Gasteiger partial charge in [0.2, 0.25) is 0 Å². The number of hydrogen-bond donors (Lipinski definition) is 0. The molecule has 1 saturated carbocycles. The van der Waals surface area contributed by atoms with Gasteiger partial charge >= 0.3 is 0 Å². The fraction of sp³-hybridized carbons (Fsp3) is 0.667. The predicted molar refractivity (Wildman–Crippen MR) is 93.4 cm³/mol. The normalized spacial score (nSPS) is 27.7. The van der Waals surface area contributed by atoms with Gasteiger partial charge < -0.3 is 9.64 Å². The quantitative estimate of drug-likeness (QED) is 0.799. The molecule has 23 heavy (non-hydrogen) atoms. The van der Waals surface area contributed by atoms with E-state index in [2.05, 4.69) is 9.88 Å². The highest BCUT2D eigenvalue weighted by Gasteiger charge is 2.36. The number of aryl methyl sites for hydroxylation is 2. The van der Waals surface area contributed by atoms with Crippen LogP contribution >= 0.6 is 11.3 Å². The van der Waals surface area contributed by atoms with E-state index < -0.39 is 0 Å². The Labute approximate surface area is 140 Å². The maximum absolute atomic E-state index is 6.06. The molecule has 1 aliphatic heterocycles. The lowest BCUT2D eigenvalue weighted by atomic mass is 9.89. The second kappa shape index (κ2) is 5.71. The molecule has 0 N–H and O–H groups in total. The van der Waals surface area contributed by atoms with Gasteiger partial charge in [-0.25, -0.2) is 9.97 Å². The third-order valence-corrected chi connectivity index (χ3v) is 6.94. The van der Waals surface area contributed by atoms with Crippen molar-refractivity contribution in [3.05, 3.63) is 16.8 Å². The van der Waals surface area contributed by atoms with E-state index in [0.717, 1.165) is 13.2 Å². The van der Waals surface area contributed by atoms with Crippen LogP contribution in [0, 0.1) is 0 Å². The first kappa shape index (κ1) is 14.2. The van der Waals surface area contributed by atoms with Crippen LogP contribution < -0.4 is 4.90 Å². The average molecular weight is 329 g/mol. The van der Waals surface area contributed by atoms with Crippen LogP contribution in [0.3, 0.4) is 0 Å². The van der Waals surface area contributed by atoms with Crippen molar-refractivity contribution in [2.75, 3.05) is 18.1 Å². The summed E-state index contributed by atoms with van der Waals surface area (Å²) < 4.78 is 6.06. The maximum atomic E-state index is 6.06. The van der Waals surface area contributed by atoms with E-state index >= 15 is 0 Å². The van der Waals surface area contributed by atoms with Crippen molar-refractivity contribution in [2.45, 2.75) is 63.5 Å². The monoisotopic (exact) mass is 329 g/mol. The van der Waals surface area contributed by atoms with E-state index in [4.69, 9.17) is 9.72 Å². The van der Waals surface area contributed by atoms with Gasteiger partial charge in [0.05, 0.1) is 24.1 Å². The Balaban J connectivity index is 1.63. The molecule has 2 aromatic heterocycles. The summed E-state index contributed by atoms with van der Waals surface area (Å²) in [6, 6.07) is 0.509. The number of thiophene rings is 1. The van der Waals surface area contributed by atoms with Crippen molar-refractivity contribution in [1.82, 2.24) is 9.97 Å². The summed E-state index contributed by atoms with van der Waals surface area (Å²) in [6.45, 7) is 1.80. The SMILES string of the molecule is c1nc(N2CCO[C@H]3CCCC[C@@H]32)c2c3c(sc2n1)CCCC3. The molecule has 2 atom stereocenters. The first-order valence-corrected chi connectivity index (χ1v) is 9.87. The van der Waals surface area contributed by atoms with E-state index in [-0.39, 0.29) is 0 Å². The Bertz CT molecular complexity index is 726. The molecular formula is C18H23N3OS. The summed E-state index contributed by atoms with van der Waals surface area (Å²) in [4.78, 5) is 14.7. The Morgan fingerprint density at radius 3 is 3.00 bits per heavy atom. The van der Waals surface area contributed by atoms with Crippen LogP contribution in [0.5, 0.6) is 0 Å². The molecule has 2 aliphatic carbocycles. The van der Waals surface area contributed by atoms with Gasteiger partial charge in [0.1, 0.15) is 17.0 Å². The molecular weight excluding hydrogens is 306 g/mol. The second-order valence-electron chi connectivity index (χ2n) is 7.04. The number of nitrogens with zero attached hydrogens (tertiary/aromatic N) is 3. The zero-order valence-electron chi connectivity index (χ0n) is 13.5. The highest BCUT2D eigenvalue weighted by molar-refractivity contribution is 7.19. The number of hydrogen-bond acceptors (Lipinski definition) is 5. The standard InChI is InChI=1S/C18H23N3OS/c1-4-8-15-12(5-1)16-17(19-11-20-18(16)23-15)21-9-10-22-14-7-3-2-6-13(14)21/h11,13-14H,1-10H2/t13-,14-/m0/s1. The van der Waals surface area contributed by atoms with Crippen molar-refractivity contribution < 1.29 is 4.74 Å². The minimum Gasteiger partial charge on any atom is -0.374 e. The summed E-state index contributed by atoms with van der Waals surface area (Å²) in [6.07, 6.45) is 12.3. The third-order valence-electron chi connectivity index (χ3n) is 5.74. The highest BCUT2D eigenvalue weighted by Crippen LogP contribution is 2.41. The van der Waals surface area contributed by atoms with Crippen LogP contribution in [0.2, 0.25) is 0 Å². The van der Waals surface area contributed by atoms with E-state index in [1.165, 1.54) is 67.4 Å². The van der Waals surface area contributed by atoms with Gasteiger partial charge in [-0.3, -0.25) is 0 Å². The Kier molecular flexibility index (Phi) is 3.52. The lowest BCUT2D eigenvalue weighted by Gasteiger charge is -2.44. The molecule has 2 fully saturated rings. The van der Waals surface area contributed by atoms with Crippen LogP contribution in [0.1, 0.15) is 49.0 Å². The molecule has 4 nitrogen and oxygen atoms in total. The topological polar surface area (TPSA) is 38.2 Å². The predicted octanol–water partition coefficient (Wildman–Crippen LogP) is 3.72. The second-order valence-corrected chi connectivity index (χ2v) is 8.13. The van der Waals surface area contributed by atoms with Crippen molar-refractivity contribution in [3.63, 3.8) is 0 Å². The minimum atomic E-state index is 0.400. The molecule has 5 heteroatoms. The first-order valence-electron chi connectivity index (χ1n) is 9.05. The molecule has 0 amide bonds. The third kappa shape index (κ3) is 2.28. The Morgan fingerprint density at radius 1 is 1.09 bits per heavy atom. The fourth-order valence-corrected chi connectivity index (χ4v) is 5.87. The van der Waals surface area contributed by atoms with Gasteiger partial charge in [-0.2, -0.15) is 0 Å². The molecule has 0 spiro atoms. The summed E-state index contributed by atoms with van der Waals surface area (Å²) in [7, 11) is 0. The first-order chi connectivity index (χ1) is 11.4. The van der Waals surface area contributed by atoms with Gasteiger partial charge in [0, 0.05) is 11.4 Å². The van der Waals surface area contributed by atoms with Crippen molar-refractivity contribution in [1.29, 1.82) is 0 Å². The van der Waals surface area contributed by atoms with Crippen LogP contribution in [0.4, 0.5) is 5.82 Å². The van der Waals surface area contributed by atoms with E-state index in [1.54, 1.807) is 16.8 Å². The largest absolute Gasteiger partial charge is 0.374 e. The molecule has 0 radical (unpaired) electrons. The zero-order valence-corrected chi connectivity index (χ0v) is 14.3. The van der Waals surface area contributed by atoms with Crippen molar-refractivity contribution in [3.8, 4) is 0 Å². The molecule has 3 aliphatic rings. The zero-order chi connectivity index (χ0) is 15.2. The lowest BCUT2D eigenvalue weighted by molar-refractivity contribution is -0.00887. The number of anilines is 1. The maximum Gasteiger partial charge on any atom is 0.141 e. The summed E-state index contributed by atoms with van der Waals surface area (Å²) in [5.41, 5.74) is 1.55. The Morgan fingerprint density at radius 2 is 2.00 bits per heavy atom. The van der Waals surface area contributed by atoms with Crippen LogP contribution in [0.25, 0.3) is 10.2 Å². The van der Waals surface area contributed by atoms with Gasteiger partial charge in [0.25, 0.3) is 0 Å². The molecule has 0 aromatic carbocycles. The average Bonchev–Trinajstić information content (AvgIpc) is 3.00. The van der Waals surface area contributed by atoms with Crippen molar-refractivity contribution >= 4 is 27.4 Å². The number of fused-ring (bicyclic) bond motifs is 4. The minimum absolute atomic E-state index is 0.400. The van der Waals surface area contributed by atoms with Gasteiger partial charge in [0.15, 0.2) is 0 Å². The fourth-order valence-electron chi connectivity index (χ4n) is 4.65. The molecule has 5 rings (SSSR count). The van der Waals surface area contributed by atoms with Gasteiger partial charge in [-0.15, -0.1) is 11.3 Å². The number of rotatable bonds is 1. The Hall–Kier alpha value is -1.20. The lowest BCUT2D eigenvalue weighted by Crippen LogP contribution is -2.53. The summed E-state index contributed by atoms with van der Waals surface area (Å²) >= 11 is 1.90. The number of aromatic nitrogens is 2. The van der Waals surface area contributed by atoms with Crippen LogP contribution in [-0.2, 0) is 17.6 Å². The summed E-state index contributed by atoms with van der Waals surface area (Å²) in [5.74, 6) is 1.19. The van der Waals surface area contributed by atoms with Crippen molar-refractivity contribution in [2.24, 2.45) is 0 Å². The molecule has 0 bridgehead atoms. The summed E-state index contributed by atoms with van der Waals surface area (Å²) in [5, 5.41) is 1.36. The highest BCUT2D eigenvalue weighted by atomic mass is 32.1. The van der Waals surface area contributed by atoms with E-state index in [0.29, 0.717) is 12.1 Å². The molecule has 0 unspecified atom stereocenters. The molecule has 1 saturated heterocycles. The van der Waals surface area contributed by atoms with Gasteiger partial charge in [-0.05, 0) is 44.1 Å². The molecule has 3 heterocycles. The number of ether oxygens (including phenoxy) is 1. The van der Waals surface area contributed by atoms with E-state index in [9.17, 15) is 0 Å². The van der Waals surface area contributed by atoms with Crippen LogP contribution in [0.15, 0.2) is 6.33 Å². The molecule has 122 valence electrons. The van der Waals surface area contributed by atoms with E-state index in [1.807, 2.05) is 11.3 Å². The smallest absolute Gasteiger partial charge is 0.141 e. The molecule has 2 aromatic rings. The van der Waals surface area contributed by atoms with Gasteiger partial charge in [-0.1, -0.05) is 12.8 Å². The number of morpholine rings is 1.